The predicted octanol–water partition coefficient (Wildman–Crippen LogP) is 3.31. The highest BCUT2D eigenvalue weighted by Gasteiger charge is 2.47. The number of rotatable bonds is 0. The summed E-state index contributed by atoms with van der Waals surface area (Å²) in [6.07, 6.45) is 6.36. The van der Waals surface area contributed by atoms with E-state index in [9.17, 15) is 4.39 Å². The highest BCUT2D eigenvalue weighted by Crippen LogP contribution is 2.50. The second kappa shape index (κ2) is 2.46. The first-order valence-electron chi connectivity index (χ1n) is 4.91. The zero-order valence-corrected chi connectivity index (χ0v) is 7.28. The highest BCUT2D eigenvalue weighted by atomic mass is 19.1. The van der Waals surface area contributed by atoms with Gasteiger partial charge in [-0.2, -0.15) is 0 Å². The number of alkyl halides is 1. The number of hydrogen-bond acceptors (Lipinski definition) is 0. The van der Waals surface area contributed by atoms with Gasteiger partial charge in [0.15, 0.2) is 0 Å². The molecule has 2 rings (SSSR count). The van der Waals surface area contributed by atoms with Crippen LogP contribution in [0.15, 0.2) is 0 Å². The molecule has 0 bridgehead atoms. The molecule has 2 fully saturated rings. The van der Waals surface area contributed by atoms with E-state index in [1.807, 2.05) is 0 Å². The van der Waals surface area contributed by atoms with Gasteiger partial charge in [0.2, 0.25) is 0 Å². The number of hydrogen-bond donors (Lipinski definition) is 0. The van der Waals surface area contributed by atoms with Gasteiger partial charge < -0.3 is 0 Å². The van der Waals surface area contributed by atoms with Crippen LogP contribution in [0.3, 0.4) is 0 Å². The lowest BCUT2D eigenvalue weighted by atomic mass is 9.76. The molecule has 3 atom stereocenters. The SMILES string of the molecule is CC1CCC2(F)CCCCC12. The average molecular weight is 156 g/mol. The van der Waals surface area contributed by atoms with Crippen LogP contribution < -0.4 is 0 Å². The molecule has 1 heteroatoms. The van der Waals surface area contributed by atoms with Crippen molar-refractivity contribution in [3.8, 4) is 0 Å². The smallest absolute Gasteiger partial charge is 0.114 e. The van der Waals surface area contributed by atoms with Crippen molar-refractivity contribution in [3.63, 3.8) is 0 Å². The lowest BCUT2D eigenvalue weighted by Gasteiger charge is -2.33. The molecule has 0 aliphatic heterocycles. The van der Waals surface area contributed by atoms with Crippen molar-refractivity contribution in [1.82, 2.24) is 0 Å². The largest absolute Gasteiger partial charge is 0.244 e. The Kier molecular flexibility index (Phi) is 1.70. The molecule has 0 heterocycles. The van der Waals surface area contributed by atoms with Crippen molar-refractivity contribution in [3.05, 3.63) is 0 Å². The minimum absolute atomic E-state index is 0.413. The molecule has 0 nitrogen and oxygen atoms in total. The second-order valence-corrected chi connectivity index (χ2v) is 4.40. The summed E-state index contributed by atoms with van der Waals surface area (Å²) >= 11 is 0. The molecule has 0 amide bonds. The maximum absolute atomic E-state index is 14.0. The summed E-state index contributed by atoms with van der Waals surface area (Å²) in [5, 5.41) is 0. The zero-order valence-electron chi connectivity index (χ0n) is 7.28. The fourth-order valence-electron chi connectivity index (χ4n) is 3.00. The minimum Gasteiger partial charge on any atom is -0.244 e. The molecule has 11 heavy (non-hydrogen) atoms. The minimum atomic E-state index is -0.738. The Hall–Kier alpha value is -0.0700. The van der Waals surface area contributed by atoms with Crippen LogP contribution in [0.1, 0.15) is 45.4 Å². The maximum Gasteiger partial charge on any atom is 0.114 e. The normalized spacial score (nSPS) is 50.7. The predicted molar refractivity (Wildman–Crippen MR) is 44.2 cm³/mol. The molecule has 0 N–H and O–H groups in total. The summed E-state index contributed by atoms with van der Waals surface area (Å²) in [4.78, 5) is 0. The van der Waals surface area contributed by atoms with Gasteiger partial charge in [-0.05, 0) is 37.5 Å². The van der Waals surface area contributed by atoms with Crippen LogP contribution in [-0.2, 0) is 0 Å². The third-order valence-electron chi connectivity index (χ3n) is 3.72. The molecule has 0 radical (unpaired) electrons. The zero-order chi connectivity index (χ0) is 7.90. The summed E-state index contributed by atoms with van der Waals surface area (Å²) in [6.45, 7) is 2.22. The van der Waals surface area contributed by atoms with Gasteiger partial charge in [-0.15, -0.1) is 0 Å². The van der Waals surface area contributed by atoms with Crippen LogP contribution in [-0.4, -0.2) is 5.67 Å². The van der Waals surface area contributed by atoms with Gasteiger partial charge in [0.1, 0.15) is 5.67 Å². The Balaban J connectivity index is 2.14. The first kappa shape index (κ1) is 7.57. The lowest BCUT2D eigenvalue weighted by molar-refractivity contribution is 0.0516. The third kappa shape index (κ3) is 1.09. The summed E-state index contributed by atoms with van der Waals surface area (Å²) < 4.78 is 14.0. The standard InChI is InChI=1S/C10H17F/c1-8-5-7-10(11)6-3-2-4-9(8)10/h8-9H,2-7H2,1H3. The van der Waals surface area contributed by atoms with Gasteiger partial charge in [0.25, 0.3) is 0 Å². The Morgan fingerprint density at radius 2 is 2.00 bits per heavy atom. The molecule has 0 aromatic carbocycles. The van der Waals surface area contributed by atoms with Gasteiger partial charge >= 0.3 is 0 Å². The van der Waals surface area contributed by atoms with Crippen LogP contribution >= 0.6 is 0 Å². The van der Waals surface area contributed by atoms with E-state index in [1.54, 1.807) is 0 Å². The average Bonchev–Trinajstić information content (AvgIpc) is 2.29. The fourth-order valence-corrected chi connectivity index (χ4v) is 3.00. The summed E-state index contributed by atoms with van der Waals surface area (Å²) in [5.74, 6) is 1.07. The molecule has 0 aromatic rings. The first-order valence-corrected chi connectivity index (χ1v) is 4.91. The third-order valence-corrected chi connectivity index (χ3v) is 3.72. The van der Waals surface area contributed by atoms with Crippen LogP contribution in [0.4, 0.5) is 4.39 Å². The Morgan fingerprint density at radius 1 is 1.18 bits per heavy atom. The molecular formula is C10H17F. The van der Waals surface area contributed by atoms with Gasteiger partial charge in [-0.3, -0.25) is 0 Å². The van der Waals surface area contributed by atoms with E-state index in [2.05, 4.69) is 6.92 Å². The summed E-state index contributed by atoms with van der Waals surface area (Å²) in [6, 6.07) is 0. The van der Waals surface area contributed by atoms with Crippen molar-refractivity contribution in [2.45, 2.75) is 51.1 Å². The highest BCUT2D eigenvalue weighted by molar-refractivity contribution is 4.98. The van der Waals surface area contributed by atoms with E-state index >= 15 is 0 Å². The first-order chi connectivity index (χ1) is 5.22. The summed E-state index contributed by atoms with van der Waals surface area (Å²) in [7, 11) is 0. The topological polar surface area (TPSA) is 0 Å². The molecule has 0 aromatic heterocycles. The van der Waals surface area contributed by atoms with Crippen molar-refractivity contribution in [2.75, 3.05) is 0 Å². The number of fused-ring (bicyclic) bond motifs is 1. The van der Waals surface area contributed by atoms with Crippen LogP contribution in [0.2, 0.25) is 0 Å². The maximum atomic E-state index is 14.0. The van der Waals surface area contributed by atoms with E-state index in [-0.39, 0.29) is 0 Å². The van der Waals surface area contributed by atoms with Crippen molar-refractivity contribution in [2.24, 2.45) is 11.8 Å². The Bertz CT molecular complexity index is 151. The van der Waals surface area contributed by atoms with Crippen molar-refractivity contribution < 1.29 is 4.39 Å². The van der Waals surface area contributed by atoms with Crippen LogP contribution in [0.5, 0.6) is 0 Å². The van der Waals surface area contributed by atoms with E-state index in [0.29, 0.717) is 11.8 Å². The molecule has 2 saturated carbocycles. The van der Waals surface area contributed by atoms with E-state index in [1.165, 1.54) is 6.42 Å². The molecule has 3 unspecified atom stereocenters. The van der Waals surface area contributed by atoms with Crippen molar-refractivity contribution in [1.29, 1.82) is 0 Å². The Morgan fingerprint density at radius 3 is 2.73 bits per heavy atom. The van der Waals surface area contributed by atoms with Crippen molar-refractivity contribution >= 4 is 0 Å². The van der Waals surface area contributed by atoms with Crippen LogP contribution in [0, 0.1) is 11.8 Å². The molecular weight excluding hydrogens is 139 g/mol. The van der Waals surface area contributed by atoms with E-state index in [4.69, 9.17) is 0 Å². The lowest BCUT2D eigenvalue weighted by Crippen LogP contribution is -2.33. The molecule has 0 saturated heterocycles. The molecule has 2 aliphatic rings. The van der Waals surface area contributed by atoms with Gasteiger partial charge in [0, 0.05) is 0 Å². The van der Waals surface area contributed by atoms with Gasteiger partial charge in [-0.25, -0.2) is 4.39 Å². The van der Waals surface area contributed by atoms with Crippen LogP contribution in [0.25, 0.3) is 0 Å². The van der Waals surface area contributed by atoms with E-state index < -0.39 is 5.67 Å². The van der Waals surface area contributed by atoms with Gasteiger partial charge in [0.05, 0.1) is 0 Å². The summed E-state index contributed by atoms with van der Waals surface area (Å²) in [5.41, 5.74) is -0.738. The van der Waals surface area contributed by atoms with E-state index in [0.717, 1.165) is 32.1 Å². The van der Waals surface area contributed by atoms with Gasteiger partial charge in [-0.1, -0.05) is 19.8 Å². The molecule has 2 aliphatic carbocycles. The monoisotopic (exact) mass is 156 g/mol. The fraction of sp³-hybridized carbons (Fsp3) is 1.00. The Labute approximate surface area is 68.2 Å². The molecule has 0 spiro atoms. The number of halogens is 1. The molecule has 64 valence electrons. The quantitative estimate of drug-likeness (QED) is 0.504. The second-order valence-electron chi connectivity index (χ2n) is 4.40.